The smallest absolute Gasteiger partial charge is 0.410 e. The van der Waals surface area contributed by atoms with Crippen LogP contribution in [0.3, 0.4) is 0 Å². The third-order valence-electron chi connectivity index (χ3n) is 6.36. The molecule has 0 spiro atoms. The maximum absolute atomic E-state index is 12.3. The van der Waals surface area contributed by atoms with Crippen molar-refractivity contribution in [2.24, 2.45) is 5.92 Å². The zero-order valence-corrected chi connectivity index (χ0v) is 19.5. The average molecular weight is 445 g/mol. The molecule has 1 aromatic carbocycles. The highest BCUT2D eigenvalue weighted by Gasteiger charge is 2.39. The van der Waals surface area contributed by atoms with Gasteiger partial charge in [0.1, 0.15) is 12.2 Å². The summed E-state index contributed by atoms with van der Waals surface area (Å²) in [5.41, 5.74) is 0.574. The SMILES string of the molecule is CC(C)(C)OC(=O)N1CC(CN2CC(N3CCN(C(=O)OCc4ccccc4)CC3)C2)C1. The van der Waals surface area contributed by atoms with Crippen LogP contribution in [0.25, 0.3) is 0 Å². The first-order chi connectivity index (χ1) is 15.3. The highest BCUT2D eigenvalue weighted by atomic mass is 16.6. The number of likely N-dealkylation sites (tertiary alicyclic amines) is 2. The minimum absolute atomic E-state index is 0.199. The summed E-state index contributed by atoms with van der Waals surface area (Å²) in [4.78, 5) is 33.0. The summed E-state index contributed by atoms with van der Waals surface area (Å²) in [7, 11) is 0. The van der Waals surface area contributed by atoms with E-state index in [0.717, 1.165) is 64.5 Å². The highest BCUT2D eigenvalue weighted by molar-refractivity contribution is 5.69. The summed E-state index contributed by atoms with van der Waals surface area (Å²) >= 11 is 0. The Balaban J connectivity index is 1.08. The second-order valence-electron chi connectivity index (χ2n) is 10.2. The van der Waals surface area contributed by atoms with Gasteiger partial charge in [-0.15, -0.1) is 0 Å². The number of rotatable bonds is 5. The molecule has 0 unspecified atom stereocenters. The maximum atomic E-state index is 12.3. The summed E-state index contributed by atoms with van der Waals surface area (Å²) in [6.45, 7) is 14.0. The van der Waals surface area contributed by atoms with Crippen molar-refractivity contribution in [3.63, 3.8) is 0 Å². The van der Waals surface area contributed by atoms with E-state index in [0.29, 0.717) is 18.6 Å². The predicted molar refractivity (Wildman–Crippen MR) is 121 cm³/mol. The Morgan fingerprint density at radius 2 is 1.56 bits per heavy atom. The molecule has 2 amide bonds. The number of hydrogen-bond acceptors (Lipinski definition) is 6. The van der Waals surface area contributed by atoms with E-state index in [-0.39, 0.29) is 12.2 Å². The zero-order valence-electron chi connectivity index (χ0n) is 19.5. The molecule has 3 saturated heterocycles. The molecule has 4 rings (SSSR count). The third-order valence-corrected chi connectivity index (χ3v) is 6.36. The molecule has 0 bridgehead atoms. The fraction of sp³-hybridized carbons (Fsp3) is 0.667. The normalized spacial score (nSPS) is 21.1. The summed E-state index contributed by atoms with van der Waals surface area (Å²) in [6, 6.07) is 10.4. The molecule has 3 aliphatic heterocycles. The lowest BCUT2D eigenvalue weighted by molar-refractivity contribution is -0.0309. The van der Waals surface area contributed by atoms with Crippen LogP contribution in [0.5, 0.6) is 0 Å². The minimum atomic E-state index is -0.435. The molecule has 3 aliphatic rings. The van der Waals surface area contributed by atoms with E-state index in [1.165, 1.54) is 0 Å². The van der Waals surface area contributed by atoms with E-state index >= 15 is 0 Å². The Bertz CT molecular complexity index is 777. The molecule has 0 atom stereocenters. The lowest BCUT2D eigenvalue weighted by atomic mass is 9.96. The molecule has 0 N–H and O–H groups in total. The van der Waals surface area contributed by atoms with Crippen LogP contribution in [0.15, 0.2) is 30.3 Å². The molecule has 0 saturated carbocycles. The molecule has 3 heterocycles. The van der Waals surface area contributed by atoms with E-state index in [1.54, 1.807) is 4.90 Å². The molecular weight excluding hydrogens is 408 g/mol. The number of ether oxygens (including phenoxy) is 2. The first-order valence-corrected chi connectivity index (χ1v) is 11.7. The van der Waals surface area contributed by atoms with Crippen molar-refractivity contribution in [2.75, 3.05) is 58.9 Å². The molecular formula is C24H36N4O4. The van der Waals surface area contributed by atoms with Crippen LogP contribution in [-0.2, 0) is 16.1 Å². The average Bonchev–Trinajstić information content (AvgIpc) is 2.69. The Morgan fingerprint density at radius 3 is 2.19 bits per heavy atom. The van der Waals surface area contributed by atoms with Gasteiger partial charge in [-0.05, 0) is 26.3 Å². The lowest BCUT2D eigenvalue weighted by Gasteiger charge is -2.50. The van der Waals surface area contributed by atoms with Gasteiger partial charge in [-0.2, -0.15) is 0 Å². The Hall–Kier alpha value is -2.32. The molecule has 3 fully saturated rings. The van der Waals surface area contributed by atoms with Crippen LogP contribution >= 0.6 is 0 Å². The molecule has 32 heavy (non-hydrogen) atoms. The van der Waals surface area contributed by atoms with Crippen molar-refractivity contribution < 1.29 is 19.1 Å². The van der Waals surface area contributed by atoms with Gasteiger partial charge >= 0.3 is 12.2 Å². The first kappa shape index (κ1) is 22.9. The third kappa shape index (κ3) is 5.92. The second kappa shape index (κ2) is 9.67. The molecule has 8 nitrogen and oxygen atoms in total. The van der Waals surface area contributed by atoms with Gasteiger partial charge in [0.25, 0.3) is 0 Å². The van der Waals surface area contributed by atoms with E-state index < -0.39 is 5.60 Å². The van der Waals surface area contributed by atoms with Gasteiger partial charge < -0.3 is 19.3 Å². The maximum Gasteiger partial charge on any atom is 0.410 e. The van der Waals surface area contributed by atoms with Crippen molar-refractivity contribution in [1.29, 1.82) is 0 Å². The lowest BCUT2D eigenvalue weighted by Crippen LogP contribution is -2.65. The number of carbonyl (C=O) groups is 2. The quantitative estimate of drug-likeness (QED) is 0.695. The van der Waals surface area contributed by atoms with E-state index in [1.807, 2.05) is 56.0 Å². The van der Waals surface area contributed by atoms with Gasteiger partial charge in [0.2, 0.25) is 0 Å². The standard InChI is InChI=1S/C24H36N4O4/c1-24(2,3)32-23(30)28-14-20(15-28)13-25-16-21(17-25)26-9-11-27(12-10-26)22(29)31-18-19-7-5-4-6-8-19/h4-8,20-21H,9-18H2,1-3H3. The highest BCUT2D eigenvalue weighted by Crippen LogP contribution is 2.24. The Morgan fingerprint density at radius 1 is 0.906 bits per heavy atom. The molecule has 0 radical (unpaired) electrons. The van der Waals surface area contributed by atoms with Crippen LogP contribution < -0.4 is 0 Å². The summed E-state index contributed by atoms with van der Waals surface area (Å²) in [5, 5.41) is 0. The fourth-order valence-electron chi connectivity index (χ4n) is 4.53. The predicted octanol–water partition coefficient (Wildman–Crippen LogP) is 2.49. The first-order valence-electron chi connectivity index (χ1n) is 11.7. The topological polar surface area (TPSA) is 65.6 Å². The molecule has 1 aromatic rings. The number of amides is 2. The van der Waals surface area contributed by atoms with E-state index in [9.17, 15) is 9.59 Å². The van der Waals surface area contributed by atoms with Gasteiger partial charge in [0.15, 0.2) is 0 Å². The zero-order chi connectivity index (χ0) is 22.7. The largest absolute Gasteiger partial charge is 0.445 e. The monoisotopic (exact) mass is 444 g/mol. The van der Waals surface area contributed by atoms with Gasteiger partial charge in [-0.1, -0.05) is 30.3 Å². The van der Waals surface area contributed by atoms with Gasteiger partial charge in [0, 0.05) is 70.9 Å². The van der Waals surface area contributed by atoms with Crippen molar-refractivity contribution >= 4 is 12.2 Å². The Labute approximate surface area is 191 Å². The van der Waals surface area contributed by atoms with Gasteiger partial charge in [-0.3, -0.25) is 9.80 Å². The van der Waals surface area contributed by atoms with Crippen LogP contribution in [-0.4, -0.2) is 102 Å². The number of piperazine rings is 1. The number of carbonyl (C=O) groups excluding carboxylic acids is 2. The summed E-state index contributed by atoms with van der Waals surface area (Å²) < 4.78 is 10.9. The molecule has 176 valence electrons. The molecule has 0 aromatic heterocycles. The fourth-order valence-corrected chi connectivity index (χ4v) is 4.53. The van der Waals surface area contributed by atoms with Crippen molar-refractivity contribution in [2.45, 2.75) is 39.0 Å². The number of benzene rings is 1. The Kier molecular flexibility index (Phi) is 6.90. The number of nitrogens with zero attached hydrogens (tertiary/aromatic N) is 4. The number of hydrogen-bond donors (Lipinski definition) is 0. The van der Waals surface area contributed by atoms with E-state index in [4.69, 9.17) is 9.47 Å². The molecule has 8 heteroatoms. The van der Waals surface area contributed by atoms with Crippen molar-refractivity contribution in [3.8, 4) is 0 Å². The summed E-state index contributed by atoms with van der Waals surface area (Å²) in [5.74, 6) is 0.541. The van der Waals surface area contributed by atoms with Crippen LogP contribution in [0.2, 0.25) is 0 Å². The second-order valence-corrected chi connectivity index (χ2v) is 10.2. The van der Waals surface area contributed by atoms with Crippen molar-refractivity contribution in [3.05, 3.63) is 35.9 Å². The van der Waals surface area contributed by atoms with E-state index in [2.05, 4.69) is 9.80 Å². The summed E-state index contributed by atoms with van der Waals surface area (Å²) in [6.07, 6.45) is -0.418. The minimum Gasteiger partial charge on any atom is -0.445 e. The van der Waals surface area contributed by atoms with Crippen LogP contribution in [0.4, 0.5) is 9.59 Å². The van der Waals surface area contributed by atoms with Crippen molar-refractivity contribution in [1.82, 2.24) is 19.6 Å². The molecule has 0 aliphatic carbocycles. The van der Waals surface area contributed by atoms with Crippen LogP contribution in [0, 0.1) is 5.92 Å². The van der Waals surface area contributed by atoms with Gasteiger partial charge in [-0.25, -0.2) is 9.59 Å². The van der Waals surface area contributed by atoms with Gasteiger partial charge in [0.05, 0.1) is 0 Å². The van der Waals surface area contributed by atoms with Crippen LogP contribution in [0.1, 0.15) is 26.3 Å².